The first-order valence-electron chi connectivity index (χ1n) is 6.64. The fourth-order valence-electron chi connectivity index (χ4n) is 2.15. The number of nitrogens with two attached hydrogens (primary N) is 1. The zero-order valence-electron chi connectivity index (χ0n) is 12.4. The molecule has 0 aliphatic carbocycles. The van der Waals surface area contributed by atoms with Crippen LogP contribution in [-0.2, 0) is 23.8 Å². The van der Waals surface area contributed by atoms with E-state index in [2.05, 4.69) is 9.97 Å². The van der Waals surface area contributed by atoms with E-state index in [1.165, 1.54) is 6.92 Å². The Morgan fingerprint density at radius 3 is 2.70 bits per heavy atom. The number of nitrogens with zero attached hydrogens (tertiary/aromatic N) is 3. The zero-order valence-corrected chi connectivity index (χ0v) is 12.4. The van der Waals surface area contributed by atoms with Gasteiger partial charge in [-0.25, -0.2) is 9.78 Å². The van der Waals surface area contributed by atoms with E-state index in [9.17, 15) is 19.5 Å². The van der Waals surface area contributed by atoms with E-state index in [-0.39, 0.29) is 12.6 Å². The van der Waals surface area contributed by atoms with Crippen molar-refractivity contribution in [2.24, 2.45) is 0 Å². The molecule has 1 aliphatic rings. The van der Waals surface area contributed by atoms with Gasteiger partial charge < -0.3 is 25.1 Å². The van der Waals surface area contributed by atoms with Crippen molar-refractivity contribution in [2.75, 3.05) is 12.3 Å². The molecule has 1 aromatic rings. The van der Waals surface area contributed by atoms with Crippen molar-refractivity contribution in [1.29, 1.82) is 0 Å². The average Bonchev–Trinajstić information content (AvgIpc) is 2.73. The van der Waals surface area contributed by atoms with Crippen LogP contribution in [0, 0.1) is 0 Å². The van der Waals surface area contributed by atoms with Crippen LogP contribution in [0.25, 0.3) is 0 Å². The lowest BCUT2D eigenvalue weighted by molar-refractivity contribution is -0.157. The van der Waals surface area contributed by atoms with Gasteiger partial charge in [-0.3, -0.25) is 14.2 Å². The van der Waals surface area contributed by atoms with E-state index < -0.39 is 42.2 Å². The third kappa shape index (κ3) is 3.81. The second-order valence-electron chi connectivity index (χ2n) is 4.84. The Morgan fingerprint density at radius 2 is 2.13 bits per heavy atom. The highest BCUT2D eigenvalue weighted by molar-refractivity contribution is 5.66. The Kier molecular flexibility index (Phi) is 4.91. The highest BCUT2D eigenvalue weighted by Crippen LogP contribution is 2.30. The summed E-state index contributed by atoms with van der Waals surface area (Å²) in [7, 11) is 0. The summed E-state index contributed by atoms with van der Waals surface area (Å²) in [5.41, 5.74) is 4.50. The fourth-order valence-corrected chi connectivity index (χ4v) is 2.15. The number of aromatic nitrogens is 3. The summed E-state index contributed by atoms with van der Waals surface area (Å²) >= 11 is 0. The first-order chi connectivity index (χ1) is 10.8. The van der Waals surface area contributed by atoms with Crippen molar-refractivity contribution in [3.05, 3.63) is 16.8 Å². The Morgan fingerprint density at radius 1 is 1.43 bits per heavy atom. The molecule has 0 unspecified atom stereocenters. The first-order valence-corrected chi connectivity index (χ1v) is 6.64. The second kappa shape index (κ2) is 6.71. The van der Waals surface area contributed by atoms with Crippen molar-refractivity contribution in [1.82, 2.24) is 14.5 Å². The first kappa shape index (κ1) is 16.8. The fraction of sp³-hybridized carbons (Fsp3) is 0.583. The van der Waals surface area contributed by atoms with E-state index in [1.807, 2.05) is 0 Å². The predicted octanol–water partition coefficient (Wildman–Crippen LogP) is -2.03. The maximum Gasteiger partial charge on any atom is 0.354 e. The molecule has 3 N–H and O–H groups in total. The Hall–Kier alpha value is -2.53. The molecule has 23 heavy (non-hydrogen) atoms. The maximum absolute atomic E-state index is 11.8. The van der Waals surface area contributed by atoms with Crippen LogP contribution in [0.2, 0.25) is 0 Å². The van der Waals surface area contributed by atoms with Crippen molar-refractivity contribution in [3.63, 3.8) is 0 Å². The number of nitrogen functional groups attached to an aromatic ring is 1. The lowest BCUT2D eigenvalue weighted by Crippen LogP contribution is -2.39. The van der Waals surface area contributed by atoms with E-state index in [0.717, 1.165) is 17.8 Å². The Labute approximate surface area is 130 Å². The van der Waals surface area contributed by atoms with Crippen molar-refractivity contribution in [2.45, 2.75) is 38.4 Å². The number of hydrogen-bond acceptors (Lipinski definition) is 10. The van der Waals surface area contributed by atoms with Gasteiger partial charge in [0, 0.05) is 13.8 Å². The molecule has 4 atom stereocenters. The van der Waals surface area contributed by atoms with Crippen molar-refractivity contribution < 1.29 is 28.9 Å². The molecular weight excluding hydrogens is 312 g/mol. The topological polar surface area (TPSA) is 156 Å². The molecule has 0 spiro atoms. The van der Waals surface area contributed by atoms with Gasteiger partial charge in [-0.1, -0.05) is 0 Å². The predicted molar refractivity (Wildman–Crippen MR) is 72.8 cm³/mol. The van der Waals surface area contributed by atoms with Crippen LogP contribution >= 0.6 is 0 Å². The molecule has 11 heteroatoms. The van der Waals surface area contributed by atoms with Crippen LogP contribution in [0.15, 0.2) is 11.1 Å². The third-order valence-corrected chi connectivity index (χ3v) is 3.08. The van der Waals surface area contributed by atoms with Crippen LogP contribution < -0.4 is 11.4 Å². The molecule has 1 aliphatic heterocycles. The van der Waals surface area contributed by atoms with E-state index in [4.69, 9.17) is 19.9 Å². The highest BCUT2D eigenvalue weighted by Gasteiger charge is 2.47. The summed E-state index contributed by atoms with van der Waals surface area (Å²) in [6.07, 6.45) is -3.62. The number of rotatable bonds is 4. The number of aliphatic hydroxyl groups is 1. The molecule has 126 valence electrons. The standard InChI is InChI=1S/C12H16N4O7/c1-5(17)21-3-7-9(22-6(2)18)8(19)10(23-7)16-4-14-11(13)15-12(16)20/h4,7-10,19H,3H2,1-2H3,(H2,13,15,20)/t7-,8-,9-,10-/m0/s1. The number of aliphatic hydroxyl groups excluding tert-OH is 1. The quantitative estimate of drug-likeness (QED) is 0.591. The van der Waals surface area contributed by atoms with Gasteiger partial charge >= 0.3 is 17.6 Å². The lowest BCUT2D eigenvalue weighted by Gasteiger charge is -2.19. The van der Waals surface area contributed by atoms with Gasteiger partial charge in [0.05, 0.1) is 0 Å². The summed E-state index contributed by atoms with van der Waals surface area (Å²) in [5, 5.41) is 10.3. The molecule has 2 heterocycles. The summed E-state index contributed by atoms with van der Waals surface area (Å²) in [5.74, 6) is -1.46. The molecule has 2 rings (SSSR count). The summed E-state index contributed by atoms with van der Waals surface area (Å²) < 4.78 is 16.2. The zero-order chi connectivity index (χ0) is 17.1. The molecule has 0 bridgehead atoms. The Bertz CT molecular complexity index is 661. The average molecular weight is 328 g/mol. The number of anilines is 1. The van der Waals surface area contributed by atoms with Gasteiger partial charge in [0.1, 0.15) is 25.1 Å². The molecule has 0 aromatic carbocycles. The lowest BCUT2D eigenvalue weighted by atomic mass is 10.1. The van der Waals surface area contributed by atoms with E-state index in [1.54, 1.807) is 0 Å². The maximum atomic E-state index is 11.8. The number of ether oxygens (including phenoxy) is 3. The number of carbonyl (C=O) groups is 2. The third-order valence-electron chi connectivity index (χ3n) is 3.08. The largest absolute Gasteiger partial charge is 0.463 e. The SMILES string of the molecule is CC(=O)OC[C@@H]1O[C@H](n2cnc(N)nc2=O)[C@@H](O)[C@H]1OC(C)=O. The molecule has 0 saturated carbocycles. The van der Waals surface area contributed by atoms with Crippen LogP contribution in [0.3, 0.4) is 0 Å². The van der Waals surface area contributed by atoms with Gasteiger partial charge in [-0.15, -0.1) is 0 Å². The number of esters is 2. The molecule has 11 nitrogen and oxygen atoms in total. The molecule has 0 radical (unpaired) electrons. The van der Waals surface area contributed by atoms with Crippen LogP contribution in [0.1, 0.15) is 20.1 Å². The van der Waals surface area contributed by atoms with Gasteiger partial charge in [-0.05, 0) is 0 Å². The van der Waals surface area contributed by atoms with E-state index in [0.29, 0.717) is 0 Å². The Balaban J connectivity index is 2.26. The normalized spacial score (nSPS) is 26.7. The van der Waals surface area contributed by atoms with E-state index >= 15 is 0 Å². The summed E-state index contributed by atoms with van der Waals surface area (Å²) in [6, 6.07) is 0. The van der Waals surface area contributed by atoms with Crippen molar-refractivity contribution in [3.8, 4) is 0 Å². The molecule has 1 fully saturated rings. The minimum absolute atomic E-state index is 0.230. The van der Waals surface area contributed by atoms with Gasteiger partial charge in [0.25, 0.3) is 0 Å². The van der Waals surface area contributed by atoms with Gasteiger partial charge in [0.15, 0.2) is 12.3 Å². The minimum Gasteiger partial charge on any atom is -0.463 e. The molecular formula is C12H16N4O7. The molecule has 1 saturated heterocycles. The van der Waals surface area contributed by atoms with Crippen LogP contribution in [0.5, 0.6) is 0 Å². The molecule has 0 amide bonds. The van der Waals surface area contributed by atoms with Gasteiger partial charge in [-0.2, -0.15) is 4.98 Å². The number of hydrogen-bond donors (Lipinski definition) is 2. The molecule has 1 aromatic heterocycles. The van der Waals surface area contributed by atoms with Gasteiger partial charge in [0.2, 0.25) is 5.95 Å². The van der Waals surface area contributed by atoms with Crippen molar-refractivity contribution >= 4 is 17.9 Å². The summed E-state index contributed by atoms with van der Waals surface area (Å²) in [6.45, 7) is 2.09. The van der Waals surface area contributed by atoms with Crippen LogP contribution in [0.4, 0.5) is 5.95 Å². The number of carbonyl (C=O) groups excluding carboxylic acids is 2. The minimum atomic E-state index is -1.38. The highest BCUT2D eigenvalue weighted by atomic mass is 16.6. The summed E-state index contributed by atoms with van der Waals surface area (Å²) in [4.78, 5) is 41.0. The monoisotopic (exact) mass is 328 g/mol. The second-order valence-corrected chi connectivity index (χ2v) is 4.84. The van der Waals surface area contributed by atoms with Crippen LogP contribution in [-0.4, -0.2) is 56.5 Å². The smallest absolute Gasteiger partial charge is 0.354 e.